The fourth-order valence-corrected chi connectivity index (χ4v) is 3.26. The second kappa shape index (κ2) is 8.49. The summed E-state index contributed by atoms with van der Waals surface area (Å²) in [4.78, 5) is 50.8. The Balaban J connectivity index is 1.67. The maximum Gasteiger partial charge on any atom is 0.338 e. The van der Waals surface area contributed by atoms with Crippen molar-refractivity contribution in [1.29, 1.82) is 0 Å². The number of benzene rings is 2. The average molecular weight is 408 g/mol. The fourth-order valence-electron chi connectivity index (χ4n) is 3.26. The number of amides is 3. The van der Waals surface area contributed by atoms with Gasteiger partial charge in [0.1, 0.15) is 0 Å². The van der Waals surface area contributed by atoms with Crippen molar-refractivity contribution in [2.45, 2.75) is 40.2 Å². The van der Waals surface area contributed by atoms with Crippen LogP contribution in [0, 0.1) is 13.8 Å². The van der Waals surface area contributed by atoms with Gasteiger partial charge < -0.3 is 10.1 Å². The Kier molecular flexibility index (Phi) is 6.01. The number of esters is 1. The molecule has 156 valence electrons. The number of nitrogens with one attached hydrogen (secondary N) is 1. The largest absolute Gasteiger partial charge is 0.452 e. The van der Waals surface area contributed by atoms with Gasteiger partial charge in [0.2, 0.25) is 0 Å². The highest BCUT2D eigenvalue weighted by molar-refractivity contribution is 6.22. The summed E-state index contributed by atoms with van der Waals surface area (Å²) in [5, 5.41) is 2.72. The van der Waals surface area contributed by atoms with E-state index >= 15 is 0 Å². The molecule has 0 bridgehead atoms. The fraction of sp³-hybridized carbons (Fsp3) is 0.304. The molecule has 0 fully saturated rings. The monoisotopic (exact) mass is 408 g/mol. The third kappa shape index (κ3) is 3.96. The van der Waals surface area contributed by atoms with Crippen LogP contribution in [0.15, 0.2) is 36.4 Å². The lowest BCUT2D eigenvalue weighted by Gasteiger charge is -2.20. The Morgan fingerprint density at radius 1 is 1.07 bits per heavy atom. The van der Waals surface area contributed by atoms with E-state index in [-0.39, 0.29) is 28.6 Å². The van der Waals surface area contributed by atoms with Crippen molar-refractivity contribution in [3.05, 3.63) is 64.2 Å². The van der Waals surface area contributed by atoms with Gasteiger partial charge in [-0.2, -0.15) is 0 Å². The summed E-state index contributed by atoms with van der Waals surface area (Å²) in [5.41, 5.74) is 3.18. The molecule has 30 heavy (non-hydrogen) atoms. The first-order chi connectivity index (χ1) is 14.2. The SMILES string of the molecule is CC[C@@H](C)N1C(=O)c2ccc(C(=O)OCC(=O)Nc3cccc(C)c3C)cc2C1=O. The molecule has 0 unspecified atom stereocenters. The van der Waals surface area contributed by atoms with Gasteiger partial charge in [-0.3, -0.25) is 19.3 Å². The van der Waals surface area contributed by atoms with Crippen LogP contribution in [-0.4, -0.2) is 41.2 Å². The number of imide groups is 1. The molecule has 2 aromatic rings. The molecule has 7 nitrogen and oxygen atoms in total. The van der Waals surface area contributed by atoms with Gasteiger partial charge in [0.25, 0.3) is 17.7 Å². The van der Waals surface area contributed by atoms with Gasteiger partial charge in [0.15, 0.2) is 6.61 Å². The molecule has 0 saturated carbocycles. The van der Waals surface area contributed by atoms with Crippen LogP contribution < -0.4 is 5.32 Å². The maximum absolute atomic E-state index is 12.6. The molecule has 0 spiro atoms. The van der Waals surface area contributed by atoms with Crippen LogP contribution in [0.3, 0.4) is 0 Å². The summed E-state index contributed by atoms with van der Waals surface area (Å²) in [6, 6.07) is 9.53. The first-order valence-corrected chi connectivity index (χ1v) is 9.79. The number of fused-ring (bicyclic) bond motifs is 1. The minimum Gasteiger partial charge on any atom is -0.452 e. The summed E-state index contributed by atoms with van der Waals surface area (Å²) in [7, 11) is 0. The highest BCUT2D eigenvalue weighted by atomic mass is 16.5. The summed E-state index contributed by atoms with van der Waals surface area (Å²) in [5.74, 6) is -1.99. The number of hydrogen-bond acceptors (Lipinski definition) is 5. The lowest BCUT2D eigenvalue weighted by atomic mass is 10.1. The van der Waals surface area contributed by atoms with E-state index in [1.54, 1.807) is 13.0 Å². The Morgan fingerprint density at radius 3 is 2.47 bits per heavy atom. The molecule has 1 aliphatic heterocycles. The van der Waals surface area contributed by atoms with E-state index in [1.165, 1.54) is 23.1 Å². The number of ether oxygens (including phenoxy) is 1. The Morgan fingerprint density at radius 2 is 1.77 bits per heavy atom. The molecule has 0 aromatic heterocycles. The third-order valence-corrected chi connectivity index (χ3v) is 5.40. The Bertz CT molecular complexity index is 1040. The van der Waals surface area contributed by atoms with Gasteiger partial charge in [0.05, 0.1) is 16.7 Å². The maximum atomic E-state index is 12.6. The molecule has 0 aliphatic carbocycles. The van der Waals surface area contributed by atoms with Crippen LogP contribution >= 0.6 is 0 Å². The topological polar surface area (TPSA) is 92.8 Å². The lowest BCUT2D eigenvalue weighted by molar-refractivity contribution is -0.119. The molecule has 1 heterocycles. The average Bonchev–Trinajstić information content (AvgIpc) is 2.99. The zero-order valence-electron chi connectivity index (χ0n) is 17.4. The van der Waals surface area contributed by atoms with Crippen molar-refractivity contribution in [2.75, 3.05) is 11.9 Å². The third-order valence-electron chi connectivity index (χ3n) is 5.40. The quantitative estimate of drug-likeness (QED) is 0.583. The molecular formula is C23H24N2O5. The van der Waals surface area contributed by atoms with E-state index in [2.05, 4.69) is 5.32 Å². The standard InChI is InChI=1S/C23H24N2O5/c1-5-14(3)25-21(27)17-10-9-16(11-18(17)22(25)28)23(29)30-12-20(26)24-19-8-6-7-13(2)15(19)4/h6-11,14H,5,12H2,1-4H3,(H,24,26)/t14-/m1/s1. The first-order valence-electron chi connectivity index (χ1n) is 9.79. The molecule has 3 amide bonds. The molecule has 0 radical (unpaired) electrons. The number of rotatable bonds is 6. The zero-order chi connectivity index (χ0) is 22.0. The van der Waals surface area contributed by atoms with Crippen LogP contribution in [0.25, 0.3) is 0 Å². The van der Waals surface area contributed by atoms with Crippen molar-refractivity contribution in [3.63, 3.8) is 0 Å². The molecule has 1 aliphatic rings. The lowest BCUT2D eigenvalue weighted by Crippen LogP contribution is -2.37. The van der Waals surface area contributed by atoms with E-state index in [4.69, 9.17) is 4.74 Å². The number of nitrogens with zero attached hydrogens (tertiary/aromatic N) is 1. The molecule has 0 saturated heterocycles. The molecule has 2 aromatic carbocycles. The second-order valence-corrected chi connectivity index (χ2v) is 7.37. The van der Waals surface area contributed by atoms with Gasteiger partial charge in [-0.1, -0.05) is 19.1 Å². The molecular weight excluding hydrogens is 384 g/mol. The van der Waals surface area contributed by atoms with Crippen molar-refractivity contribution >= 4 is 29.4 Å². The van der Waals surface area contributed by atoms with Crippen LogP contribution in [0.4, 0.5) is 5.69 Å². The van der Waals surface area contributed by atoms with E-state index in [0.717, 1.165) is 11.1 Å². The van der Waals surface area contributed by atoms with Crippen LogP contribution in [-0.2, 0) is 9.53 Å². The summed E-state index contributed by atoms with van der Waals surface area (Å²) in [6.45, 7) is 7.05. The smallest absolute Gasteiger partial charge is 0.338 e. The van der Waals surface area contributed by atoms with Crippen molar-refractivity contribution in [3.8, 4) is 0 Å². The van der Waals surface area contributed by atoms with E-state index < -0.39 is 24.4 Å². The number of carbonyl (C=O) groups excluding carboxylic acids is 4. The summed E-state index contributed by atoms with van der Waals surface area (Å²) >= 11 is 0. The summed E-state index contributed by atoms with van der Waals surface area (Å²) < 4.78 is 5.09. The molecule has 7 heteroatoms. The van der Waals surface area contributed by atoms with Gasteiger partial charge in [-0.15, -0.1) is 0 Å². The normalized spacial score (nSPS) is 13.8. The predicted octanol–water partition coefficient (Wildman–Crippen LogP) is 3.49. The van der Waals surface area contributed by atoms with E-state index in [0.29, 0.717) is 12.1 Å². The number of anilines is 1. The van der Waals surface area contributed by atoms with Crippen molar-refractivity contribution in [1.82, 2.24) is 4.90 Å². The van der Waals surface area contributed by atoms with Gasteiger partial charge >= 0.3 is 5.97 Å². The molecule has 3 rings (SSSR count). The number of aryl methyl sites for hydroxylation is 1. The first kappa shape index (κ1) is 21.2. The van der Waals surface area contributed by atoms with E-state index in [9.17, 15) is 19.2 Å². The molecule has 1 atom stereocenters. The zero-order valence-corrected chi connectivity index (χ0v) is 17.4. The minimum absolute atomic E-state index is 0.112. The van der Waals surface area contributed by atoms with E-state index in [1.807, 2.05) is 32.9 Å². The van der Waals surface area contributed by atoms with Gasteiger partial charge in [-0.25, -0.2) is 4.79 Å². The minimum atomic E-state index is -0.740. The Labute approximate surface area is 175 Å². The molecule has 1 N–H and O–H groups in total. The second-order valence-electron chi connectivity index (χ2n) is 7.37. The van der Waals surface area contributed by atoms with Gasteiger partial charge in [-0.05, 0) is 62.6 Å². The predicted molar refractivity (Wildman–Crippen MR) is 112 cm³/mol. The highest BCUT2D eigenvalue weighted by Crippen LogP contribution is 2.27. The number of hydrogen-bond donors (Lipinski definition) is 1. The number of carbonyl (C=O) groups is 4. The van der Waals surface area contributed by atoms with Crippen molar-refractivity contribution < 1.29 is 23.9 Å². The van der Waals surface area contributed by atoms with Crippen LogP contribution in [0.5, 0.6) is 0 Å². The van der Waals surface area contributed by atoms with Crippen molar-refractivity contribution in [2.24, 2.45) is 0 Å². The van der Waals surface area contributed by atoms with Gasteiger partial charge in [0, 0.05) is 11.7 Å². The Hall–Kier alpha value is -3.48. The summed E-state index contributed by atoms with van der Waals surface area (Å²) in [6.07, 6.45) is 0.635. The van der Waals surface area contributed by atoms with Crippen LogP contribution in [0.2, 0.25) is 0 Å². The highest BCUT2D eigenvalue weighted by Gasteiger charge is 2.38. The van der Waals surface area contributed by atoms with Crippen LogP contribution in [0.1, 0.15) is 62.5 Å².